The molecule has 0 saturated carbocycles. The Morgan fingerprint density at radius 1 is 0.844 bits per heavy atom. The third-order valence-electron chi connectivity index (χ3n) is 5.77. The van der Waals surface area contributed by atoms with Gasteiger partial charge in [0.25, 0.3) is 0 Å². The summed E-state index contributed by atoms with van der Waals surface area (Å²) in [6.45, 7) is 6.57. The van der Waals surface area contributed by atoms with Crippen LogP contribution < -0.4 is 4.90 Å². The minimum absolute atomic E-state index is 0.0446. The zero-order valence-corrected chi connectivity index (χ0v) is 20.0. The summed E-state index contributed by atoms with van der Waals surface area (Å²) in [6.07, 6.45) is 0. The topological polar surface area (TPSA) is 51.1 Å². The molecule has 1 heterocycles. The van der Waals surface area contributed by atoms with Crippen molar-refractivity contribution in [1.29, 1.82) is 0 Å². The molecule has 1 aliphatic heterocycles. The molecule has 166 valence electrons. The van der Waals surface area contributed by atoms with Gasteiger partial charge in [-0.15, -0.1) is 0 Å². The number of anilines is 1. The molecule has 0 saturated heterocycles. The number of nitrogens with zero attached hydrogens (tertiary/aromatic N) is 2. The van der Waals surface area contributed by atoms with Crippen LogP contribution in [-0.4, -0.2) is 20.1 Å². The number of hydrogen-bond donors (Lipinski definition) is 0. The number of fused-ring (bicyclic) bond motifs is 1. The Balaban J connectivity index is 1.97. The van der Waals surface area contributed by atoms with Crippen LogP contribution in [0.3, 0.4) is 0 Å². The predicted octanol–water partition coefficient (Wildman–Crippen LogP) is 7.07. The second-order valence-electron chi connectivity index (χ2n) is 8.81. The van der Waals surface area contributed by atoms with Crippen LogP contribution in [0.5, 0.6) is 0 Å². The summed E-state index contributed by atoms with van der Waals surface area (Å²) >= 11 is 0. The highest BCUT2D eigenvalue weighted by atomic mass is 31.2. The van der Waals surface area contributed by atoms with E-state index in [4.69, 9.17) is 14.0 Å². The number of rotatable bonds is 5. The lowest BCUT2D eigenvalue weighted by Crippen LogP contribution is -2.38. The van der Waals surface area contributed by atoms with E-state index in [0.29, 0.717) is 5.84 Å². The summed E-state index contributed by atoms with van der Waals surface area (Å²) < 4.78 is 24.9. The van der Waals surface area contributed by atoms with Crippen molar-refractivity contribution in [1.82, 2.24) is 0 Å². The van der Waals surface area contributed by atoms with E-state index in [1.165, 1.54) is 19.8 Å². The van der Waals surface area contributed by atoms with Gasteiger partial charge >= 0.3 is 7.60 Å². The first-order chi connectivity index (χ1) is 15.3. The van der Waals surface area contributed by atoms with Crippen molar-refractivity contribution >= 4 is 24.8 Å². The van der Waals surface area contributed by atoms with Gasteiger partial charge in [-0.2, -0.15) is 0 Å². The molecular weight excluding hydrogens is 419 g/mol. The Hall–Kier alpha value is -2.72. The highest BCUT2D eigenvalue weighted by Gasteiger charge is 2.45. The molecule has 3 aromatic rings. The van der Waals surface area contributed by atoms with E-state index in [1.807, 2.05) is 59.5 Å². The lowest BCUT2D eigenvalue weighted by Gasteiger charge is -2.40. The first kappa shape index (κ1) is 22.5. The number of amidine groups is 1. The smallest absolute Gasteiger partial charge is 0.310 e. The van der Waals surface area contributed by atoms with E-state index >= 15 is 0 Å². The molecule has 4 rings (SSSR count). The van der Waals surface area contributed by atoms with Crippen molar-refractivity contribution in [2.24, 2.45) is 4.99 Å². The van der Waals surface area contributed by atoms with Crippen molar-refractivity contribution in [2.75, 3.05) is 19.1 Å². The van der Waals surface area contributed by atoms with Crippen LogP contribution in [0.25, 0.3) is 0 Å². The van der Waals surface area contributed by atoms with E-state index in [0.717, 1.165) is 22.5 Å². The van der Waals surface area contributed by atoms with Gasteiger partial charge in [0.2, 0.25) is 0 Å². The molecule has 0 radical (unpaired) electrons. The SMILES string of the molecule is COP(=O)(OC)[C@@H]1c2ccccc2N=C(c2ccc(C(C)(C)C)cc2)N1c1ccccc1. The number of hydrogen-bond acceptors (Lipinski definition) is 5. The van der Waals surface area contributed by atoms with Crippen molar-refractivity contribution in [3.63, 3.8) is 0 Å². The molecule has 0 amide bonds. The molecule has 0 fully saturated rings. The van der Waals surface area contributed by atoms with E-state index in [2.05, 4.69) is 45.0 Å². The molecule has 32 heavy (non-hydrogen) atoms. The van der Waals surface area contributed by atoms with Crippen LogP contribution in [-0.2, 0) is 19.0 Å². The van der Waals surface area contributed by atoms with E-state index in [1.54, 1.807) is 0 Å². The number of benzene rings is 3. The van der Waals surface area contributed by atoms with E-state index in [9.17, 15) is 4.57 Å². The molecule has 5 nitrogen and oxygen atoms in total. The Morgan fingerprint density at radius 2 is 1.44 bits per heavy atom. The molecule has 0 aromatic heterocycles. The van der Waals surface area contributed by atoms with E-state index in [-0.39, 0.29) is 5.41 Å². The highest BCUT2D eigenvalue weighted by Crippen LogP contribution is 2.64. The second-order valence-corrected chi connectivity index (χ2v) is 11.1. The fourth-order valence-corrected chi connectivity index (χ4v) is 5.62. The molecule has 1 atom stereocenters. The Kier molecular flexibility index (Phi) is 6.09. The van der Waals surface area contributed by atoms with Gasteiger partial charge in [-0.1, -0.05) is 81.4 Å². The maximum atomic E-state index is 13.9. The maximum absolute atomic E-state index is 13.9. The largest absolute Gasteiger partial charge is 0.357 e. The Morgan fingerprint density at radius 3 is 2.03 bits per heavy atom. The van der Waals surface area contributed by atoms with Gasteiger partial charge in [-0.05, 0) is 29.2 Å². The molecular formula is C26H29N2O3P. The molecule has 1 aliphatic rings. The number of para-hydroxylation sites is 2. The van der Waals surface area contributed by atoms with Gasteiger partial charge in [0.1, 0.15) is 5.84 Å². The summed E-state index contributed by atoms with van der Waals surface area (Å²) in [7, 11) is -0.699. The highest BCUT2D eigenvalue weighted by molar-refractivity contribution is 7.54. The van der Waals surface area contributed by atoms with Crippen LogP contribution in [0.1, 0.15) is 43.2 Å². The number of aliphatic imine (C=N–C) groups is 1. The summed E-state index contributed by atoms with van der Waals surface area (Å²) in [6, 6.07) is 26.0. The fourth-order valence-electron chi connectivity index (χ4n) is 3.99. The Bertz CT molecular complexity index is 1160. The normalized spacial score (nSPS) is 16.5. The van der Waals surface area contributed by atoms with Crippen LogP contribution >= 0.6 is 7.60 Å². The van der Waals surface area contributed by atoms with Gasteiger partial charge in [0.05, 0.1) is 5.69 Å². The Labute approximate surface area is 190 Å². The zero-order chi connectivity index (χ0) is 22.9. The van der Waals surface area contributed by atoms with Gasteiger partial charge in [-0.3, -0.25) is 4.57 Å². The molecule has 0 spiro atoms. The fraction of sp³-hybridized carbons (Fsp3) is 0.269. The molecule has 6 heteroatoms. The van der Waals surface area contributed by atoms with Crippen LogP contribution in [0.15, 0.2) is 83.9 Å². The summed E-state index contributed by atoms with van der Waals surface area (Å²) in [5.74, 6) is 0.0283. The quantitative estimate of drug-likeness (QED) is 0.392. The van der Waals surface area contributed by atoms with Gasteiger partial charge in [-0.25, -0.2) is 4.99 Å². The van der Waals surface area contributed by atoms with Crippen molar-refractivity contribution in [2.45, 2.75) is 32.0 Å². The first-order valence-corrected chi connectivity index (χ1v) is 12.2. The molecule has 0 N–H and O–H groups in total. The van der Waals surface area contributed by atoms with Crippen molar-refractivity contribution in [3.8, 4) is 0 Å². The van der Waals surface area contributed by atoms with Crippen molar-refractivity contribution in [3.05, 3.63) is 95.6 Å². The minimum atomic E-state index is -3.56. The molecule has 0 aliphatic carbocycles. The monoisotopic (exact) mass is 448 g/mol. The first-order valence-electron chi connectivity index (χ1n) is 10.6. The van der Waals surface area contributed by atoms with Gasteiger partial charge in [0, 0.05) is 31.0 Å². The lowest BCUT2D eigenvalue weighted by atomic mass is 9.86. The summed E-state index contributed by atoms with van der Waals surface area (Å²) in [5.41, 5.74) is 4.64. The average molecular weight is 449 g/mol. The zero-order valence-electron chi connectivity index (χ0n) is 19.1. The van der Waals surface area contributed by atoms with Crippen LogP contribution in [0, 0.1) is 0 Å². The third-order valence-corrected chi connectivity index (χ3v) is 7.89. The van der Waals surface area contributed by atoms with Gasteiger partial charge < -0.3 is 13.9 Å². The van der Waals surface area contributed by atoms with Crippen molar-refractivity contribution < 1.29 is 13.6 Å². The molecule has 0 bridgehead atoms. The van der Waals surface area contributed by atoms with Crippen LogP contribution in [0.2, 0.25) is 0 Å². The van der Waals surface area contributed by atoms with Crippen LogP contribution in [0.4, 0.5) is 11.4 Å². The summed E-state index contributed by atoms with van der Waals surface area (Å²) in [5, 5.41) is 0. The average Bonchev–Trinajstić information content (AvgIpc) is 2.82. The minimum Gasteiger partial charge on any atom is -0.310 e. The maximum Gasteiger partial charge on any atom is 0.357 e. The second kappa shape index (κ2) is 8.67. The lowest BCUT2D eigenvalue weighted by molar-refractivity contribution is 0.266. The predicted molar refractivity (Wildman–Crippen MR) is 131 cm³/mol. The standard InChI is InChI=1S/C26H29N2O3P/c1-26(2,3)20-17-15-19(16-18-20)24-27-23-14-10-9-13-22(23)25(32(29,30-4)31-5)28(24)21-11-7-6-8-12-21/h6-18,25H,1-5H3/t25-/m1/s1. The van der Waals surface area contributed by atoms with Gasteiger partial charge in [0.15, 0.2) is 5.78 Å². The third kappa shape index (κ3) is 4.04. The summed E-state index contributed by atoms with van der Waals surface area (Å²) in [4.78, 5) is 6.98. The molecule has 0 unspecified atom stereocenters. The molecule has 3 aromatic carbocycles. The van der Waals surface area contributed by atoms with E-state index < -0.39 is 13.4 Å².